The van der Waals surface area contributed by atoms with E-state index in [1.165, 1.54) is 0 Å². The Morgan fingerprint density at radius 1 is 1.32 bits per heavy atom. The van der Waals surface area contributed by atoms with Crippen LogP contribution in [0.15, 0.2) is 30.3 Å². The van der Waals surface area contributed by atoms with Gasteiger partial charge in [-0.05, 0) is 51.5 Å². The molecule has 0 radical (unpaired) electrons. The third kappa shape index (κ3) is 3.52. The van der Waals surface area contributed by atoms with Crippen LogP contribution in [0.3, 0.4) is 0 Å². The van der Waals surface area contributed by atoms with Crippen molar-refractivity contribution in [1.29, 1.82) is 0 Å². The molecule has 0 aliphatic rings. The number of ether oxygens (including phenoxy) is 1. The summed E-state index contributed by atoms with van der Waals surface area (Å²) in [5, 5.41) is 11.7. The van der Waals surface area contributed by atoms with Crippen molar-refractivity contribution in [2.24, 2.45) is 7.05 Å². The minimum Gasteiger partial charge on any atom is -0.497 e. The van der Waals surface area contributed by atoms with Crippen molar-refractivity contribution in [1.82, 2.24) is 24.9 Å². The molecule has 1 N–H and O–H groups in total. The zero-order valence-electron chi connectivity index (χ0n) is 17.3. The highest BCUT2D eigenvalue weighted by atomic mass is 16.5. The summed E-state index contributed by atoms with van der Waals surface area (Å²) in [6.07, 6.45) is 0. The molecule has 0 unspecified atom stereocenters. The van der Waals surface area contributed by atoms with Crippen molar-refractivity contribution in [3.8, 4) is 17.0 Å². The highest BCUT2D eigenvalue weighted by Crippen LogP contribution is 2.28. The number of amides is 1. The van der Waals surface area contributed by atoms with Crippen LogP contribution in [0.1, 0.15) is 47.3 Å². The lowest BCUT2D eigenvalue weighted by atomic mass is 10.1. The summed E-state index contributed by atoms with van der Waals surface area (Å²) in [6.45, 7) is 8.51. The Morgan fingerprint density at radius 2 is 2.07 bits per heavy atom. The Bertz CT molecular complexity index is 989. The minimum absolute atomic E-state index is 0.0873. The molecule has 0 aliphatic carbocycles. The van der Waals surface area contributed by atoms with Gasteiger partial charge in [0.25, 0.3) is 5.91 Å². The van der Waals surface area contributed by atoms with E-state index in [-0.39, 0.29) is 11.9 Å². The van der Waals surface area contributed by atoms with Crippen LogP contribution in [0.2, 0.25) is 0 Å². The Labute approximate surface area is 165 Å². The monoisotopic (exact) mass is 381 g/mol. The zero-order chi connectivity index (χ0) is 20.4. The number of hydrogen-bond acceptors (Lipinski definition) is 4. The second kappa shape index (κ2) is 7.88. The predicted molar refractivity (Wildman–Crippen MR) is 108 cm³/mol. The number of aryl methyl sites for hydroxylation is 2. The summed E-state index contributed by atoms with van der Waals surface area (Å²) in [4.78, 5) is 15.0. The third-order valence-corrected chi connectivity index (χ3v) is 5.22. The van der Waals surface area contributed by atoms with Crippen LogP contribution in [0.25, 0.3) is 11.3 Å². The van der Waals surface area contributed by atoms with E-state index in [9.17, 15) is 4.79 Å². The summed E-state index contributed by atoms with van der Waals surface area (Å²) >= 11 is 0. The van der Waals surface area contributed by atoms with E-state index in [1.54, 1.807) is 13.2 Å². The van der Waals surface area contributed by atoms with Crippen molar-refractivity contribution < 1.29 is 9.53 Å². The van der Waals surface area contributed by atoms with E-state index >= 15 is 0 Å². The van der Waals surface area contributed by atoms with Crippen molar-refractivity contribution in [3.63, 3.8) is 0 Å². The first-order chi connectivity index (χ1) is 13.4. The Kier molecular flexibility index (Phi) is 5.53. The number of hydrogen-bond donors (Lipinski definition) is 1. The van der Waals surface area contributed by atoms with Gasteiger partial charge >= 0.3 is 0 Å². The number of aromatic amines is 1. The van der Waals surface area contributed by atoms with Gasteiger partial charge in [0.05, 0.1) is 24.5 Å². The van der Waals surface area contributed by atoms with E-state index in [0.717, 1.165) is 34.0 Å². The molecule has 0 saturated carbocycles. The SMILES string of the molecule is CCN(C(=O)c1cc(-c2c(C)nn(C)c2C)n[nH]1)[C@@H](C)c1cccc(OC)c1. The molecule has 2 aromatic heterocycles. The fourth-order valence-electron chi connectivity index (χ4n) is 3.53. The molecule has 0 aliphatic heterocycles. The maximum Gasteiger partial charge on any atom is 0.272 e. The van der Waals surface area contributed by atoms with Crippen molar-refractivity contribution in [3.05, 3.63) is 53.0 Å². The van der Waals surface area contributed by atoms with E-state index in [1.807, 2.05) is 68.6 Å². The van der Waals surface area contributed by atoms with Crippen LogP contribution in [0.4, 0.5) is 0 Å². The molecule has 3 rings (SSSR count). The number of benzene rings is 1. The number of rotatable bonds is 6. The van der Waals surface area contributed by atoms with Gasteiger partial charge in [0.1, 0.15) is 11.4 Å². The van der Waals surface area contributed by atoms with E-state index in [4.69, 9.17) is 4.74 Å². The zero-order valence-corrected chi connectivity index (χ0v) is 17.3. The lowest BCUT2D eigenvalue weighted by Crippen LogP contribution is -2.33. The second-order valence-corrected chi connectivity index (χ2v) is 6.88. The molecule has 0 saturated heterocycles. The Hall–Kier alpha value is -3.09. The average molecular weight is 381 g/mol. The van der Waals surface area contributed by atoms with Crippen molar-refractivity contribution >= 4 is 5.91 Å². The van der Waals surface area contributed by atoms with Gasteiger partial charge in [-0.3, -0.25) is 14.6 Å². The fraction of sp³-hybridized carbons (Fsp3) is 0.381. The van der Waals surface area contributed by atoms with Crippen LogP contribution in [0, 0.1) is 13.8 Å². The molecule has 2 heterocycles. The Morgan fingerprint density at radius 3 is 2.68 bits per heavy atom. The van der Waals surface area contributed by atoms with Gasteiger partial charge in [0.2, 0.25) is 0 Å². The van der Waals surface area contributed by atoms with Crippen LogP contribution in [0.5, 0.6) is 5.75 Å². The standard InChI is InChI=1S/C21H27N5O2/c1-7-26(14(3)16-9-8-10-17(11-16)28-6)21(27)19-12-18(22-23-19)20-13(2)24-25(5)15(20)4/h8-12,14H,7H2,1-6H3,(H,22,23)/t14-/m0/s1. The van der Waals surface area contributed by atoms with Crippen LogP contribution in [-0.4, -0.2) is 44.4 Å². The highest BCUT2D eigenvalue weighted by molar-refractivity contribution is 5.93. The number of carbonyl (C=O) groups excluding carboxylic acids is 1. The van der Waals surface area contributed by atoms with E-state index in [2.05, 4.69) is 15.3 Å². The normalized spacial score (nSPS) is 12.1. The van der Waals surface area contributed by atoms with Crippen LogP contribution in [-0.2, 0) is 7.05 Å². The van der Waals surface area contributed by atoms with Gasteiger partial charge in [0, 0.05) is 24.8 Å². The summed E-state index contributed by atoms with van der Waals surface area (Å²) < 4.78 is 7.14. The lowest BCUT2D eigenvalue weighted by molar-refractivity contribution is 0.0696. The molecule has 1 amide bonds. The van der Waals surface area contributed by atoms with E-state index < -0.39 is 0 Å². The summed E-state index contributed by atoms with van der Waals surface area (Å²) in [5.74, 6) is 0.690. The average Bonchev–Trinajstić information content (AvgIpc) is 3.26. The smallest absolute Gasteiger partial charge is 0.272 e. The minimum atomic E-state index is -0.0961. The molecular formula is C21H27N5O2. The van der Waals surface area contributed by atoms with Gasteiger partial charge in [0.15, 0.2) is 0 Å². The quantitative estimate of drug-likeness (QED) is 0.707. The van der Waals surface area contributed by atoms with Crippen molar-refractivity contribution in [2.75, 3.05) is 13.7 Å². The summed E-state index contributed by atoms with van der Waals surface area (Å²) in [7, 11) is 3.54. The van der Waals surface area contributed by atoms with Gasteiger partial charge in [-0.15, -0.1) is 0 Å². The van der Waals surface area contributed by atoms with Gasteiger partial charge in [-0.2, -0.15) is 10.2 Å². The number of methoxy groups -OCH3 is 1. The van der Waals surface area contributed by atoms with Gasteiger partial charge in [-0.1, -0.05) is 12.1 Å². The van der Waals surface area contributed by atoms with Crippen LogP contribution >= 0.6 is 0 Å². The first-order valence-corrected chi connectivity index (χ1v) is 9.38. The molecule has 0 spiro atoms. The summed E-state index contributed by atoms with van der Waals surface area (Å²) in [6, 6.07) is 9.51. The molecule has 1 aromatic carbocycles. The maximum atomic E-state index is 13.2. The van der Waals surface area contributed by atoms with Crippen LogP contribution < -0.4 is 4.74 Å². The molecule has 148 valence electrons. The van der Waals surface area contributed by atoms with Crippen molar-refractivity contribution in [2.45, 2.75) is 33.7 Å². The third-order valence-electron chi connectivity index (χ3n) is 5.22. The fourth-order valence-corrected chi connectivity index (χ4v) is 3.53. The molecule has 3 aromatic rings. The predicted octanol–water partition coefficient (Wildman–Crippen LogP) is 3.66. The lowest BCUT2D eigenvalue weighted by Gasteiger charge is -2.28. The first kappa shape index (κ1) is 19.7. The first-order valence-electron chi connectivity index (χ1n) is 9.38. The van der Waals surface area contributed by atoms with Gasteiger partial charge in [-0.25, -0.2) is 0 Å². The largest absolute Gasteiger partial charge is 0.497 e. The molecule has 7 nitrogen and oxygen atoms in total. The summed E-state index contributed by atoms with van der Waals surface area (Å²) in [5.41, 5.74) is 5.09. The molecule has 0 fully saturated rings. The molecule has 0 bridgehead atoms. The maximum absolute atomic E-state index is 13.2. The number of nitrogens with one attached hydrogen (secondary N) is 1. The molecule has 1 atom stereocenters. The number of H-pyrrole nitrogens is 1. The molecule has 7 heteroatoms. The number of nitrogens with zero attached hydrogens (tertiary/aromatic N) is 4. The second-order valence-electron chi connectivity index (χ2n) is 6.88. The number of aromatic nitrogens is 4. The Balaban J connectivity index is 1.88. The van der Waals surface area contributed by atoms with E-state index in [0.29, 0.717) is 12.2 Å². The highest BCUT2D eigenvalue weighted by Gasteiger charge is 2.24. The molecule has 28 heavy (non-hydrogen) atoms. The molecular weight excluding hydrogens is 354 g/mol. The number of carbonyl (C=O) groups is 1. The van der Waals surface area contributed by atoms with Gasteiger partial charge < -0.3 is 9.64 Å². The topological polar surface area (TPSA) is 76.0 Å².